The summed E-state index contributed by atoms with van der Waals surface area (Å²) in [7, 11) is 0. The van der Waals surface area contributed by atoms with E-state index in [1.165, 1.54) is 6.42 Å². The minimum Gasteiger partial charge on any atom is -0.477 e. The first-order valence-electron chi connectivity index (χ1n) is 12.4. The van der Waals surface area contributed by atoms with Crippen molar-refractivity contribution < 1.29 is 14.7 Å². The van der Waals surface area contributed by atoms with Crippen molar-refractivity contribution in [3.8, 4) is 0 Å². The molecule has 3 aliphatic rings. The maximum atomic E-state index is 13.0. The summed E-state index contributed by atoms with van der Waals surface area (Å²) in [4.78, 5) is 42.7. The van der Waals surface area contributed by atoms with Crippen LogP contribution in [0.1, 0.15) is 65.4 Å². The smallest absolute Gasteiger partial charge is 0.352 e. The van der Waals surface area contributed by atoms with Crippen molar-refractivity contribution in [2.75, 3.05) is 31.5 Å². The molecule has 3 aromatic rings. The second-order valence-electron chi connectivity index (χ2n) is 9.76. The molecule has 0 spiro atoms. The zero-order valence-electron chi connectivity index (χ0n) is 19.6. The molecular weight excluding hydrogens is 446 g/mol. The van der Waals surface area contributed by atoms with Gasteiger partial charge in [-0.1, -0.05) is 12.8 Å². The molecule has 2 N–H and O–H groups in total. The standard InChI is InChI=1S/C25H29N7O3/c33-23(31-11-10-30-9-3-6-19(30)15-31)16-7-8-21(26-13-16)28-25-27-14-17-12-20(24(34)35)32(22(17)29-25)18-4-1-2-5-18/h7-8,12-14,18-19H,1-6,9-11,15H2,(H,34,35)(H,26,27,28,29)/t19-/m1/s1. The summed E-state index contributed by atoms with van der Waals surface area (Å²) >= 11 is 0. The molecule has 0 radical (unpaired) electrons. The number of nitrogens with one attached hydrogen (secondary N) is 1. The van der Waals surface area contributed by atoms with Crippen LogP contribution in [0, 0.1) is 0 Å². The Morgan fingerprint density at radius 1 is 0.971 bits per heavy atom. The number of aromatic nitrogens is 4. The average molecular weight is 476 g/mol. The predicted octanol–water partition coefficient (Wildman–Crippen LogP) is 3.30. The van der Waals surface area contributed by atoms with Gasteiger partial charge in [0.2, 0.25) is 5.95 Å². The zero-order chi connectivity index (χ0) is 23.9. The van der Waals surface area contributed by atoms with Gasteiger partial charge < -0.3 is 19.9 Å². The summed E-state index contributed by atoms with van der Waals surface area (Å²) in [6.45, 7) is 3.62. The van der Waals surface area contributed by atoms with Crippen molar-refractivity contribution in [1.82, 2.24) is 29.3 Å². The molecular formula is C25H29N7O3. The Bertz CT molecular complexity index is 1270. The highest BCUT2D eigenvalue weighted by Crippen LogP contribution is 2.34. The first kappa shape index (κ1) is 22.0. The largest absolute Gasteiger partial charge is 0.477 e. The van der Waals surface area contributed by atoms with E-state index in [0.29, 0.717) is 34.4 Å². The van der Waals surface area contributed by atoms with Gasteiger partial charge in [0.15, 0.2) is 0 Å². The van der Waals surface area contributed by atoms with E-state index in [1.807, 2.05) is 9.47 Å². The van der Waals surface area contributed by atoms with Gasteiger partial charge in [0.1, 0.15) is 17.2 Å². The normalized spacial score (nSPS) is 20.9. The Morgan fingerprint density at radius 2 is 1.80 bits per heavy atom. The molecule has 10 heteroatoms. The zero-order valence-corrected chi connectivity index (χ0v) is 19.6. The molecule has 1 amide bonds. The number of fused-ring (bicyclic) bond motifs is 2. The van der Waals surface area contributed by atoms with Crippen molar-refractivity contribution in [3.05, 3.63) is 41.9 Å². The molecule has 2 saturated heterocycles. The molecule has 0 unspecified atom stereocenters. The topological polar surface area (TPSA) is 116 Å². The van der Waals surface area contributed by atoms with Crippen LogP contribution in [-0.4, -0.2) is 78.5 Å². The highest BCUT2D eigenvalue weighted by molar-refractivity contribution is 5.94. The van der Waals surface area contributed by atoms with E-state index >= 15 is 0 Å². The summed E-state index contributed by atoms with van der Waals surface area (Å²) in [6, 6.07) is 5.80. The van der Waals surface area contributed by atoms with Crippen LogP contribution < -0.4 is 5.32 Å². The van der Waals surface area contributed by atoms with Gasteiger partial charge in [0.05, 0.1) is 5.56 Å². The number of nitrogens with zero attached hydrogens (tertiary/aromatic N) is 6. The van der Waals surface area contributed by atoms with E-state index in [9.17, 15) is 14.7 Å². The number of carboxylic acids is 1. The maximum absolute atomic E-state index is 13.0. The third-order valence-corrected chi connectivity index (χ3v) is 7.61. The number of amides is 1. The van der Waals surface area contributed by atoms with E-state index in [0.717, 1.165) is 58.3 Å². The van der Waals surface area contributed by atoms with E-state index in [1.54, 1.807) is 30.6 Å². The van der Waals surface area contributed by atoms with Gasteiger partial charge in [-0.25, -0.2) is 14.8 Å². The number of carbonyl (C=O) groups is 2. The van der Waals surface area contributed by atoms with Crippen LogP contribution in [0.4, 0.5) is 11.8 Å². The Labute approximate surface area is 203 Å². The fourth-order valence-corrected chi connectivity index (χ4v) is 5.83. The number of aromatic carboxylic acids is 1. The first-order chi connectivity index (χ1) is 17.1. The predicted molar refractivity (Wildman–Crippen MR) is 130 cm³/mol. The SMILES string of the molecule is O=C(O)c1cc2cnc(Nc3ccc(C(=O)N4CCN5CCC[C@@H]5C4)cn3)nc2n1C1CCCC1. The summed E-state index contributed by atoms with van der Waals surface area (Å²) < 4.78 is 1.84. The van der Waals surface area contributed by atoms with Crippen LogP contribution >= 0.6 is 0 Å². The van der Waals surface area contributed by atoms with Crippen LogP contribution in [0.15, 0.2) is 30.6 Å². The Balaban J connectivity index is 1.20. The van der Waals surface area contributed by atoms with E-state index < -0.39 is 5.97 Å². The van der Waals surface area contributed by atoms with Crippen molar-refractivity contribution >= 4 is 34.7 Å². The molecule has 6 rings (SSSR count). The lowest BCUT2D eigenvalue weighted by Gasteiger charge is -2.37. The van der Waals surface area contributed by atoms with Crippen LogP contribution in [0.25, 0.3) is 11.0 Å². The summed E-state index contributed by atoms with van der Waals surface area (Å²) in [5.41, 5.74) is 1.43. The van der Waals surface area contributed by atoms with E-state index in [2.05, 4.69) is 25.2 Å². The van der Waals surface area contributed by atoms with Gasteiger partial charge >= 0.3 is 5.97 Å². The monoisotopic (exact) mass is 475 g/mol. The number of carboxylic acid groups (broad SMARTS) is 1. The van der Waals surface area contributed by atoms with Crippen molar-refractivity contribution in [2.45, 2.75) is 50.6 Å². The number of hydrogen-bond acceptors (Lipinski definition) is 7. The van der Waals surface area contributed by atoms with Crippen molar-refractivity contribution in [3.63, 3.8) is 0 Å². The highest BCUT2D eigenvalue weighted by Gasteiger charge is 2.33. The third-order valence-electron chi connectivity index (χ3n) is 7.61. The first-order valence-corrected chi connectivity index (χ1v) is 12.4. The molecule has 3 fully saturated rings. The fraction of sp³-hybridized carbons (Fsp3) is 0.480. The number of pyridine rings is 1. The molecule has 3 aromatic heterocycles. The fourth-order valence-electron chi connectivity index (χ4n) is 5.83. The molecule has 1 aliphatic carbocycles. The maximum Gasteiger partial charge on any atom is 0.352 e. The van der Waals surface area contributed by atoms with Gasteiger partial charge in [-0.15, -0.1) is 0 Å². The van der Waals surface area contributed by atoms with Gasteiger partial charge in [0, 0.05) is 49.5 Å². The lowest BCUT2D eigenvalue weighted by atomic mass is 10.1. The quantitative estimate of drug-likeness (QED) is 0.577. The van der Waals surface area contributed by atoms with Gasteiger partial charge in [-0.3, -0.25) is 9.69 Å². The molecule has 35 heavy (non-hydrogen) atoms. The minimum atomic E-state index is -0.958. The minimum absolute atomic E-state index is 0.0175. The summed E-state index contributed by atoms with van der Waals surface area (Å²) in [6.07, 6.45) is 9.68. The molecule has 10 nitrogen and oxygen atoms in total. The third kappa shape index (κ3) is 4.12. The van der Waals surface area contributed by atoms with Crippen molar-refractivity contribution in [1.29, 1.82) is 0 Å². The van der Waals surface area contributed by atoms with Crippen molar-refractivity contribution in [2.24, 2.45) is 0 Å². The number of piperazine rings is 1. The Hall–Kier alpha value is -3.53. The second kappa shape index (κ2) is 8.92. The molecule has 5 heterocycles. The molecule has 182 valence electrons. The lowest BCUT2D eigenvalue weighted by molar-refractivity contribution is 0.0570. The number of hydrogen-bond donors (Lipinski definition) is 2. The number of anilines is 2. The van der Waals surface area contributed by atoms with Gasteiger partial charge in [0.25, 0.3) is 5.91 Å². The van der Waals surface area contributed by atoms with Gasteiger partial charge in [-0.05, 0) is 50.4 Å². The van der Waals surface area contributed by atoms with Crippen LogP contribution in [0.2, 0.25) is 0 Å². The summed E-state index contributed by atoms with van der Waals surface area (Å²) in [5, 5.41) is 13.5. The summed E-state index contributed by atoms with van der Waals surface area (Å²) in [5.74, 6) is -0.0702. The highest BCUT2D eigenvalue weighted by atomic mass is 16.4. The van der Waals surface area contributed by atoms with Crippen LogP contribution in [-0.2, 0) is 0 Å². The number of rotatable bonds is 5. The Kier molecular flexibility index (Phi) is 5.60. The van der Waals surface area contributed by atoms with Crippen LogP contribution in [0.5, 0.6) is 0 Å². The Morgan fingerprint density at radius 3 is 2.57 bits per heavy atom. The van der Waals surface area contributed by atoms with E-state index in [4.69, 9.17) is 0 Å². The molecule has 1 saturated carbocycles. The number of carbonyl (C=O) groups excluding carboxylic acids is 1. The average Bonchev–Trinajstić information content (AvgIpc) is 3.62. The second-order valence-corrected chi connectivity index (χ2v) is 9.76. The van der Waals surface area contributed by atoms with Gasteiger partial charge in [-0.2, -0.15) is 4.98 Å². The molecule has 1 atom stereocenters. The molecule has 0 bridgehead atoms. The molecule has 2 aliphatic heterocycles. The van der Waals surface area contributed by atoms with Crippen LogP contribution in [0.3, 0.4) is 0 Å². The lowest BCUT2D eigenvalue weighted by Crippen LogP contribution is -2.52. The molecule has 0 aromatic carbocycles. The van der Waals surface area contributed by atoms with E-state index in [-0.39, 0.29) is 17.6 Å².